The third-order valence-electron chi connectivity index (χ3n) is 6.85. The molecule has 1 fully saturated rings. The van der Waals surface area contributed by atoms with Crippen molar-refractivity contribution < 1.29 is 14.3 Å². The van der Waals surface area contributed by atoms with Gasteiger partial charge in [0.1, 0.15) is 17.3 Å². The van der Waals surface area contributed by atoms with Gasteiger partial charge in [-0.2, -0.15) is 0 Å². The predicted octanol–water partition coefficient (Wildman–Crippen LogP) is 3.56. The molecule has 8 nitrogen and oxygen atoms in total. The Morgan fingerprint density at radius 3 is 2.79 bits per heavy atom. The normalized spacial score (nSPS) is 18.2. The van der Waals surface area contributed by atoms with Crippen LogP contribution in [0.5, 0.6) is 5.75 Å². The molecule has 2 amide bonds. The van der Waals surface area contributed by atoms with E-state index in [4.69, 9.17) is 14.7 Å². The van der Waals surface area contributed by atoms with E-state index < -0.39 is 0 Å². The lowest BCUT2D eigenvalue weighted by Gasteiger charge is -2.29. The number of likely N-dealkylation sites (tertiary alicyclic amines) is 1. The molecule has 1 aromatic carbocycles. The Morgan fingerprint density at radius 1 is 1.18 bits per heavy atom. The summed E-state index contributed by atoms with van der Waals surface area (Å²) in [4.78, 5) is 39.0. The molecule has 3 aromatic rings. The van der Waals surface area contributed by atoms with Crippen LogP contribution in [0.3, 0.4) is 0 Å². The Balaban J connectivity index is 1.49. The average Bonchev–Trinajstić information content (AvgIpc) is 3.41. The fourth-order valence-electron chi connectivity index (χ4n) is 5.05. The Bertz CT molecular complexity index is 1260. The van der Waals surface area contributed by atoms with Crippen LogP contribution in [0.15, 0.2) is 24.3 Å². The number of rotatable bonds is 4. The average molecular weight is 448 g/mol. The number of ether oxygens (including phenoxy) is 1. The zero-order chi connectivity index (χ0) is 23.3. The highest BCUT2D eigenvalue weighted by molar-refractivity contribution is 5.99. The summed E-state index contributed by atoms with van der Waals surface area (Å²) in [6.45, 7) is 5.18. The van der Waals surface area contributed by atoms with Gasteiger partial charge in [-0.15, -0.1) is 0 Å². The molecule has 0 aliphatic carbocycles. The Hall–Kier alpha value is -3.42. The third-order valence-corrected chi connectivity index (χ3v) is 6.85. The Kier molecular flexibility index (Phi) is 5.31. The van der Waals surface area contributed by atoms with Gasteiger partial charge < -0.3 is 14.2 Å². The molecule has 0 bridgehead atoms. The highest BCUT2D eigenvalue weighted by atomic mass is 16.5. The number of aryl methyl sites for hydroxylation is 2. The second-order valence-electron chi connectivity index (χ2n) is 8.82. The van der Waals surface area contributed by atoms with E-state index in [1.165, 1.54) is 0 Å². The van der Waals surface area contributed by atoms with E-state index in [2.05, 4.69) is 0 Å². The summed E-state index contributed by atoms with van der Waals surface area (Å²) in [7, 11) is 3.68. The van der Waals surface area contributed by atoms with Gasteiger partial charge in [0, 0.05) is 49.2 Å². The molecule has 5 rings (SSSR count). The molecule has 2 aliphatic heterocycles. The number of carbonyl (C=O) groups excluding carboxylic acids is 2. The minimum Gasteiger partial charge on any atom is -0.494 e. The van der Waals surface area contributed by atoms with E-state index in [1.807, 2.05) is 54.6 Å². The number of benzene rings is 1. The zero-order valence-corrected chi connectivity index (χ0v) is 19.6. The third kappa shape index (κ3) is 3.53. The highest BCUT2D eigenvalue weighted by Crippen LogP contribution is 2.35. The monoisotopic (exact) mass is 447 g/mol. The van der Waals surface area contributed by atoms with Gasteiger partial charge in [0.15, 0.2) is 5.82 Å². The highest BCUT2D eigenvalue weighted by Gasteiger charge is 2.35. The van der Waals surface area contributed by atoms with Crippen LogP contribution in [0.1, 0.15) is 59.8 Å². The van der Waals surface area contributed by atoms with Crippen molar-refractivity contribution in [1.82, 2.24) is 19.4 Å². The zero-order valence-electron chi connectivity index (χ0n) is 19.6. The lowest BCUT2D eigenvalue weighted by atomic mass is 10.0. The number of carbonyl (C=O) groups is 2. The molecule has 0 radical (unpaired) electrons. The molecule has 4 heterocycles. The summed E-state index contributed by atoms with van der Waals surface area (Å²) in [6.07, 6.45) is 2.84. The van der Waals surface area contributed by atoms with Gasteiger partial charge >= 0.3 is 0 Å². The van der Waals surface area contributed by atoms with Crippen LogP contribution in [-0.2, 0) is 18.3 Å². The van der Waals surface area contributed by atoms with E-state index in [1.54, 1.807) is 11.9 Å². The van der Waals surface area contributed by atoms with Gasteiger partial charge in [0.2, 0.25) is 5.91 Å². The number of hydrogen-bond acceptors (Lipinski definition) is 5. The summed E-state index contributed by atoms with van der Waals surface area (Å²) >= 11 is 0. The summed E-state index contributed by atoms with van der Waals surface area (Å²) in [6, 6.07) is 7.62. The number of nitrogens with zero attached hydrogens (tertiary/aromatic N) is 5. The van der Waals surface area contributed by atoms with Crippen molar-refractivity contribution in [1.29, 1.82) is 0 Å². The summed E-state index contributed by atoms with van der Waals surface area (Å²) in [5.41, 5.74) is 3.53. The molecule has 2 aromatic heterocycles. The van der Waals surface area contributed by atoms with Gasteiger partial charge in [0.25, 0.3) is 5.91 Å². The standard InChI is InChI=1S/C25H29N5O3/c1-5-33-17-8-10-19-16(13-17)14-21(28(19)3)25(32)30-12-6-7-20(30)23-26-15(2)18-9-11-22(31)29(4)24(18)27-23/h8,10,13-14,20H,5-7,9,11-12H2,1-4H3/t20-/m0/s1. The maximum atomic E-state index is 13.7. The molecule has 0 spiro atoms. The van der Waals surface area contributed by atoms with Crippen LogP contribution in [0.25, 0.3) is 10.9 Å². The number of anilines is 1. The first-order valence-corrected chi connectivity index (χ1v) is 11.6. The molecule has 0 N–H and O–H groups in total. The van der Waals surface area contributed by atoms with Crippen LogP contribution in [0.2, 0.25) is 0 Å². The second-order valence-corrected chi connectivity index (χ2v) is 8.82. The maximum absolute atomic E-state index is 13.7. The van der Waals surface area contributed by atoms with Crippen molar-refractivity contribution >= 4 is 28.5 Å². The van der Waals surface area contributed by atoms with E-state index in [0.29, 0.717) is 43.3 Å². The van der Waals surface area contributed by atoms with Crippen molar-refractivity contribution in [2.24, 2.45) is 7.05 Å². The smallest absolute Gasteiger partial charge is 0.271 e. The fourth-order valence-corrected chi connectivity index (χ4v) is 5.05. The molecular weight excluding hydrogens is 418 g/mol. The summed E-state index contributed by atoms with van der Waals surface area (Å²) in [5, 5.41) is 0.976. The molecule has 2 aliphatic rings. The largest absolute Gasteiger partial charge is 0.494 e. The van der Waals surface area contributed by atoms with Crippen LogP contribution in [0.4, 0.5) is 5.82 Å². The van der Waals surface area contributed by atoms with Crippen molar-refractivity contribution in [2.75, 3.05) is 25.1 Å². The molecule has 172 valence electrons. The first-order chi connectivity index (χ1) is 15.9. The van der Waals surface area contributed by atoms with Gasteiger partial charge in [-0.25, -0.2) is 9.97 Å². The number of aromatic nitrogens is 3. The van der Waals surface area contributed by atoms with Crippen molar-refractivity contribution in [3.63, 3.8) is 0 Å². The molecular formula is C25H29N5O3. The predicted molar refractivity (Wildman–Crippen MR) is 126 cm³/mol. The molecule has 1 saturated heterocycles. The van der Waals surface area contributed by atoms with Crippen LogP contribution in [-0.4, -0.2) is 51.4 Å². The Labute approximate surface area is 193 Å². The van der Waals surface area contributed by atoms with E-state index in [9.17, 15) is 9.59 Å². The lowest BCUT2D eigenvalue weighted by Crippen LogP contribution is -2.35. The minimum absolute atomic E-state index is 0.0300. The molecule has 33 heavy (non-hydrogen) atoms. The number of fused-ring (bicyclic) bond motifs is 2. The second kappa shape index (κ2) is 8.17. The van der Waals surface area contributed by atoms with E-state index in [-0.39, 0.29) is 17.9 Å². The fraction of sp³-hybridized carbons (Fsp3) is 0.440. The number of amides is 2. The van der Waals surface area contributed by atoms with E-state index in [0.717, 1.165) is 40.8 Å². The first-order valence-electron chi connectivity index (χ1n) is 11.6. The molecule has 0 unspecified atom stereocenters. The van der Waals surface area contributed by atoms with Gasteiger partial charge in [-0.3, -0.25) is 14.5 Å². The van der Waals surface area contributed by atoms with Crippen molar-refractivity contribution in [3.8, 4) is 5.75 Å². The summed E-state index contributed by atoms with van der Waals surface area (Å²) in [5.74, 6) is 2.13. The Morgan fingerprint density at radius 2 is 2.00 bits per heavy atom. The SMILES string of the molecule is CCOc1ccc2c(c1)cc(C(=O)N1CCC[C@H]1c1nc(C)c3c(n1)N(C)C(=O)CC3)n2C. The van der Waals surface area contributed by atoms with Crippen molar-refractivity contribution in [3.05, 3.63) is 47.0 Å². The van der Waals surface area contributed by atoms with Crippen LogP contribution >= 0.6 is 0 Å². The first kappa shape index (κ1) is 21.4. The lowest BCUT2D eigenvalue weighted by molar-refractivity contribution is -0.118. The topological polar surface area (TPSA) is 80.6 Å². The quantitative estimate of drug-likeness (QED) is 0.611. The van der Waals surface area contributed by atoms with Gasteiger partial charge in [-0.05, 0) is 57.4 Å². The molecule has 8 heteroatoms. The van der Waals surface area contributed by atoms with Crippen molar-refractivity contribution in [2.45, 2.75) is 45.6 Å². The molecule has 0 saturated carbocycles. The van der Waals surface area contributed by atoms with E-state index >= 15 is 0 Å². The van der Waals surface area contributed by atoms with Gasteiger partial charge in [0.05, 0.1) is 12.6 Å². The van der Waals surface area contributed by atoms with Crippen LogP contribution < -0.4 is 9.64 Å². The van der Waals surface area contributed by atoms with Gasteiger partial charge in [-0.1, -0.05) is 0 Å². The molecule has 1 atom stereocenters. The number of hydrogen-bond donors (Lipinski definition) is 0. The summed E-state index contributed by atoms with van der Waals surface area (Å²) < 4.78 is 7.56. The van der Waals surface area contributed by atoms with Crippen LogP contribution in [0, 0.1) is 6.92 Å². The minimum atomic E-state index is -0.205. The maximum Gasteiger partial charge on any atom is 0.271 e.